The molecule has 0 aliphatic carbocycles. The van der Waals surface area contributed by atoms with E-state index in [0.29, 0.717) is 11.3 Å². The number of esters is 1. The van der Waals surface area contributed by atoms with Gasteiger partial charge in [0.25, 0.3) is 0 Å². The van der Waals surface area contributed by atoms with E-state index in [1.165, 1.54) is 29.7 Å². The van der Waals surface area contributed by atoms with Crippen molar-refractivity contribution in [2.75, 3.05) is 13.2 Å². The summed E-state index contributed by atoms with van der Waals surface area (Å²) in [5, 5.41) is 11.5. The Balaban J connectivity index is 2.06. The Morgan fingerprint density at radius 2 is 2.36 bits per heavy atom. The van der Waals surface area contributed by atoms with Gasteiger partial charge in [-0.25, -0.2) is 9.59 Å². The third-order valence-electron chi connectivity index (χ3n) is 2.89. The number of fused-ring (bicyclic) bond motifs is 1. The molecule has 2 N–H and O–H groups in total. The van der Waals surface area contributed by atoms with Gasteiger partial charge in [0, 0.05) is 4.91 Å². The molecule has 2 aliphatic rings. The molecule has 0 bridgehead atoms. The van der Waals surface area contributed by atoms with Gasteiger partial charge < -0.3 is 19.9 Å². The van der Waals surface area contributed by atoms with Crippen molar-refractivity contribution in [3.05, 3.63) is 23.3 Å². The number of rotatable bonds is 6. The van der Waals surface area contributed by atoms with Gasteiger partial charge in [0.05, 0.1) is 18.3 Å². The molecule has 2 amide bonds. The number of nitrogens with zero attached hydrogens (tertiary/aromatic N) is 1. The summed E-state index contributed by atoms with van der Waals surface area (Å²) in [5.41, 5.74) is 0.0659. The molecule has 8 nitrogen and oxygen atoms in total. The number of ether oxygens (including phenoxy) is 2. The zero-order chi connectivity index (χ0) is 16.3. The summed E-state index contributed by atoms with van der Waals surface area (Å²) in [6.45, 7) is 4.82. The molecular weight excluding hydrogens is 312 g/mol. The number of thioether (sulfide) groups is 1. The molecule has 0 radical (unpaired) electrons. The predicted molar refractivity (Wildman–Crippen MR) is 77.2 cm³/mol. The maximum atomic E-state index is 12.0. The molecule has 22 heavy (non-hydrogen) atoms. The summed E-state index contributed by atoms with van der Waals surface area (Å²) in [6.07, 6.45) is -0.191. The van der Waals surface area contributed by atoms with Gasteiger partial charge in [0.1, 0.15) is 12.3 Å². The third-order valence-corrected chi connectivity index (χ3v) is 4.16. The van der Waals surface area contributed by atoms with Crippen LogP contribution in [0.25, 0.3) is 0 Å². The van der Waals surface area contributed by atoms with E-state index < -0.39 is 18.4 Å². The van der Waals surface area contributed by atoms with Crippen molar-refractivity contribution in [3.63, 3.8) is 0 Å². The lowest BCUT2D eigenvalue weighted by atomic mass is 10.1. The minimum Gasteiger partial charge on any atom is -0.445 e. The minimum atomic E-state index is -1.29. The molecule has 120 valence electrons. The van der Waals surface area contributed by atoms with Crippen LogP contribution in [-0.2, 0) is 19.1 Å². The lowest BCUT2D eigenvalue weighted by Crippen LogP contribution is -2.48. The Morgan fingerprint density at radius 3 is 2.95 bits per heavy atom. The summed E-state index contributed by atoms with van der Waals surface area (Å²) < 4.78 is 9.50. The number of nitrogens with one attached hydrogen (secondary N) is 1. The number of carbonyl (C=O) groups excluding carboxylic acids is 3. The zero-order valence-corrected chi connectivity index (χ0v) is 12.7. The van der Waals surface area contributed by atoms with Gasteiger partial charge in [-0.15, -0.1) is 11.8 Å². The molecule has 0 unspecified atom stereocenters. The van der Waals surface area contributed by atoms with Crippen molar-refractivity contribution in [2.45, 2.75) is 25.0 Å². The maximum absolute atomic E-state index is 12.0. The SMILES string of the molecule is C=CCOC(=O)NCC1=C(C(=O)O[C@H](C)O)N2C(=O)C[C@H]2S1. The highest BCUT2D eigenvalue weighted by atomic mass is 32.2. The van der Waals surface area contributed by atoms with E-state index in [0.717, 1.165) is 0 Å². The molecule has 2 aliphatic heterocycles. The van der Waals surface area contributed by atoms with Gasteiger partial charge in [0.15, 0.2) is 6.29 Å². The molecule has 0 spiro atoms. The fourth-order valence-electron chi connectivity index (χ4n) is 1.99. The smallest absolute Gasteiger partial charge is 0.407 e. The highest BCUT2D eigenvalue weighted by Crippen LogP contribution is 2.46. The van der Waals surface area contributed by atoms with Crippen molar-refractivity contribution in [1.82, 2.24) is 10.2 Å². The third kappa shape index (κ3) is 3.42. The molecule has 2 heterocycles. The molecule has 2 rings (SSSR count). The van der Waals surface area contributed by atoms with Gasteiger partial charge in [-0.3, -0.25) is 9.69 Å². The van der Waals surface area contributed by atoms with Crippen molar-refractivity contribution in [3.8, 4) is 0 Å². The quantitative estimate of drug-likeness (QED) is 0.313. The van der Waals surface area contributed by atoms with Gasteiger partial charge in [-0.05, 0) is 6.92 Å². The number of β-lactam (4-membered cyclic amide) rings is 1. The van der Waals surface area contributed by atoms with E-state index in [1.54, 1.807) is 0 Å². The van der Waals surface area contributed by atoms with E-state index in [-0.39, 0.29) is 30.1 Å². The monoisotopic (exact) mass is 328 g/mol. The summed E-state index contributed by atoms with van der Waals surface area (Å²) >= 11 is 1.31. The molecule has 2 atom stereocenters. The average Bonchev–Trinajstić information content (AvgIpc) is 2.74. The molecule has 1 fully saturated rings. The van der Waals surface area contributed by atoms with Crippen LogP contribution in [0.3, 0.4) is 0 Å². The summed E-state index contributed by atoms with van der Waals surface area (Å²) in [7, 11) is 0. The first-order chi connectivity index (χ1) is 10.4. The maximum Gasteiger partial charge on any atom is 0.407 e. The second-order valence-electron chi connectivity index (χ2n) is 4.56. The van der Waals surface area contributed by atoms with E-state index in [4.69, 9.17) is 14.6 Å². The predicted octanol–water partition coefficient (Wildman–Crippen LogP) is 0.297. The number of aliphatic hydroxyl groups excluding tert-OH is 1. The van der Waals surface area contributed by atoms with Crippen LogP contribution in [0.1, 0.15) is 13.3 Å². The van der Waals surface area contributed by atoms with Gasteiger partial charge in [-0.1, -0.05) is 12.7 Å². The Hall–Kier alpha value is -2.00. The van der Waals surface area contributed by atoms with E-state index >= 15 is 0 Å². The van der Waals surface area contributed by atoms with Crippen LogP contribution in [0.2, 0.25) is 0 Å². The fraction of sp³-hybridized carbons (Fsp3) is 0.462. The van der Waals surface area contributed by atoms with Crippen LogP contribution in [0, 0.1) is 0 Å². The standard InChI is InChI=1S/C13H16N2O6S/c1-3-4-20-13(19)14-6-8-11(12(18)21-7(2)16)15-9(17)5-10(15)22-8/h3,7,10,16H,1,4-6H2,2H3,(H,14,19)/t7-,10-/m1/s1. The second-order valence-corrected chi connectivity index (χ2v) is 5.83. The highest BCUT2D eigenvalue weighted by Gasteiger charge is 2.48. The van der Waals surface area contributed by atoms with Crippen molar-refractivity contribution >= 4 is 29.7 Å². The van der Waals surface area contributed by atoms with Gasteiger partial charge >= 0.3 is 12.1 Å². The zero-order valence-electron chi connectivity index (χ0n) is 11.9. The van der Waals surface area contributed by atoms with Gasteiger partial charge in [-0.2, -0.15) is 0 Å². The van der Waals surface area contributed by atoms with Crippen LogP contribution >= 0.6 is 11.8 Å². The Kier molecular flexibility index (Phi) is 5.09. The first kappa shape index (κ1) is 16.4. The van der Waals surface area contributed by atoms with E-state index in [9.17, 15) is 14.4 Å². The lowest BCUT2D eigenvalue weighted by molar-refractivity contribution is -0.164. The molecular formula is C13H16N2O6S. The summed E-state index contributed by atoms with van der Waals surface area (Å²) in [6, 6.07) is 0. The molecule has 0 aromatic carbocycles. The number of carbonyl (C=O) groups is 3. The van der Waals surface area contributed by atoms with Crippen LogP contribution in [0.5, 0.6) is 0 Å². The number of aliphatic hydroxyl groups is 1. The highest BCUT2D eigenvalue weighted by molar-refractivity contribution is 8.04. The second kappa shape index (κ2) is 6.84. The van der Waals surface area contributed by atoms with Crippen LogP contribution in [0.4, 0.5) is 4.79 Å². The summed E-state index contributed by atoms with van der Waals surface area (Å²) in [4.78, 5) is 36.9. The number of hydrogen-bond donors (Lipinski definition) is 2. The van der Waals surface area contributed by atoms with Gasteiger partial charge in [0.2, 0.25) is 5.91 Å². The number of alkyl carbamates (subject to hydrolysis) is 1. The first-order valence-electron chi connectivity index (χ1n) is 6.56. The van der Waals surface area contributed by atoms with Crippen molar-refractivity contribution < 1.29 is 29.0 Å². The van der Waals surface area contributed by atoms with Crippen LogP contribution < -0.4 is 5.32 Å². The Labute approximate surface area is 131 Å². The van der Waals surface area contributed by atoms with Crippen LogP contribution in [0.15, 0.2) is 23.3 Å². The van der Waals surface area contributed by atoms with Crippen molar-refractivity contribution in [1.29, 1.82) is 0 Å². The van der Waals surface area contributed by atoms with E-state index in [2.05, 4.69) is 11.9 Å². The summed E-state index contributed by atoms with van der Waals surface area (Å²) in [5.74, 6) is -0.992. The Morgan fingerprint density at radius 1 is 1.64 bits per heavy atom. The normalized spacial score (nSPS) is 20.9. The minimum absolute atomic E-state index is 0.0329. The first-order valence-corrected chi connectivity index (χ1v) is 7.44. The van der Waals surface area contributed by atoms with E-state index in [1.807, 2.05) is 0 Å². The average molecular weight is 328 g/mol. The number of amides is 2. The van der Waals surface area contributed by atoms with Crippen molar-refractivity contribution in [2.24, 2.45) is 0 Å². The molecule has 0 saturated carbocycles. The number of hydrogen-bond acceptors (Lipinski definition) is 7. The Bertz CT molecular complexity index is 545. The molecule has 0 aromatic heterocycles. The molecule has 0 aromatic rings. The largest absolute Gasteiger partial charge is 0.445 e. The fourth-order valence-corrected chi connectivity index (χ4v) is 3.32. The molecule has 1 saturated heterocycles. The lowest BCUT2D eigenvalue weighted by Gasteiger charge is -2.34. The van der Waals surface area contributed by atoms with Crippen LogP contribution in [-0.4, -0.2) is 52.8 Å². The topological polar surface area (TPSA) is 105 Å². The molecule has 9 heteroatoms.